The number of thiazole rings is 1. The van der Waals surface area contributed by atoms with Crippen LogP contribution >= 0.6 is 22.9 Å². The Kier molecular flexibility index (Phi) is 6.14. The third-order valence-corrected chi connectivity index (χ3v) is 7.19. The molecule has 3 aromatic heterocycles. The van der Waals surface area contributed by atoms with Gasteiger partial charge in [-0.05, 0) is 54.6 Å². The Morgan fingerprint density at radius 3 is 2.46 bits per heavy atom. The molecule has 0 radical (unpaired) electrons. The predicted molar refractivity (Wildman–Crippen MR) is 149 cm³/mol. The Bertz CT molecular complexity index is 1970. The van der Waals surface area contributed by atoms with Crippen molar-refractivity contribution in [1.82, 2.24) is 24.4 Å². The number of hydrogen-bond acceptors (Lipinski definition) is 8. The van der Waals surface area contributed by atoms with E-state index in [1.807, 2.05) is 30.3 Å². The molecule has 0 aliphatic carbocycles. The number of nitro groups is 1. The minimum atomic E-state index is -0.506. The average molecular weight is 557 g/mol. The van der Waals surface area contributed by atoms with Gasteiger partial charge in [0.05, 0.1) is 22.3 Å². The summed E-state index contributed by atoms with van der Waals surface area (Å²) in [5, 5.41) is 21.3. The number of fused-ring (bicyclic) bond motifs is 1. The molecule has 3 aromatic carbocycles. The maximum Gasteiger partial charge on any atom is 0.311 e. The lowest BCUT2D eigenvalue weighted by atomic mass is 10.1. The van der Waals surface area contributed by atoms with Gasteiger partial charge in [-0.3, -0.25) is 14.9 Å². The van der Waals surface area contributed by atoms with E-state index in [1.54, 1.807) is 47.3 Å². The molecule has 6 rings (SSSR count). The van der Waals surface area contributed by atoms with Gasteiger partial charge in [0.25, 0.3) is 5.56 Å². The number of halogens is 1. The maximum atomic E-state index is 13.3. The molecule has 12 heteroatoms. The normalized spacial score (nSPS) is 11.8. The number of nitrogens with zero attached hydrogens (tertiary/aromatic N) is 6. The van der Waals surface area contributed by atoms with Gasteiger partial charge in [-0.25, -0.2) is 4.68 Å². The van der Waals surface area contributed by atoms with Gasteiger partial charge in [0.15, 0.2) is 11.6 Å². The van der Waals surface area contributed by atoms with Gasteiger partial charge in [0, 0.05) is 34.0 Å². The number of para-hydroxylation sites is 1. The molecule has 0 bridgehead atoms. The van der Waals surface area contributed by atoms with E-state index in [2.05, 4.69) is 10.1 Å². The Morgan fingerprint density at radius 1 is 1.03 bits per heavy atom. The number of methoxy groups -OCH3 is 1. The van der Waals surface area contributed by atoms with Crippen LogP contribution in [0.4, 0.5) is 5.69 Å². The van der Waals surface area contributed by atoms with Crippen LogP contribution in [-0.2, 0) is 0 Å². The Labute approximate surface area is 229 Å². The van der Waals surface area contributed by atoms with E-state index in [4.69, 9.17) is 21.4 Å². The highest BCUT2D eigenvalue weighted by Crippen LogP contribution is 2.33. The second-order valence-corrected chi connectivity index (χ2v) is 9.85. The van der Waals surface area contributed by atoms with E-state index in [0.717, 1.165) is 11.3 Å². The lowest BCUT2D eigenvalue weighted by molar-refractivity contribution is -0.385. The maximum absolute atomic E-state index is 13.3. The Morgan fingerprint density at radius 2 is 1.77 bits per heavy atom. The number of benzene rings is 3. The summed E-state index contributed by atoms with van der Waals surface area (Å²) in [6.07, 6.45) is 3.47. The van der Waals surface area contributed by atoms with Crippen LogP contribution < -0.4 is 14.8 Å². The van der Waals surface area contributed by atoms with Crippen LogP contribution in [0.15, 0.2) is 83.8 Å². The van der Waals surface area contributed by atoms with Gasteiger partial charge in [-0.2, -0.15) is 14.6 Å². The van der Waals surface area contributed by atoms with Gasteiger partial charge in [-0.1, -0.05) is 41.1 Å². The zero-order valence-electron chi connectivity index (χ0n) is 20.2. The highest BCUT2D eigenvalue weighted by molar-refractivity contribution is 7.15. The number of nitro benzene ring substituents is 1. The predicted octanol–water partition coefficient (Wildman–Crippen LogP) is 4.79. The molecule has 0 fully saturated rings. The zero-order chi connectivity index (χ0) is 27.1. The van der Waals surface area contributed by atoms with Crippen LogP contribution in [0.25, 0.3) is 39.4 Å². The SMILES string of the molecule is COc1ccc(-c2nn(-c3ccccc3)cc2/C=c2/sc3nc(-c4ccc(Cl)cc4)nn3c2=O)cc1[N+](=O)[O-]. The summed E-state index contributed by atoms with van der Waals surface area (Å²) < 4.78 is 8.47. The van der Waals surface area contributed by atoms with Crippen LogP contribution in [-0.4, -0.2) is 36.4 Å². The van der Waals surface area contributed by atoms with Crippen molar-refractivity contribution in [3.63, 3.8) is 0 Å². The molecule has 192 valence electrons. The third-order valence-electron chi connectivity index (χ3n) is 5.98. The first-order valence-electron chi connectivity index (χ1n) is 11.6. The molecule has 0 aliphatic heterocycles. The molecule has 0 unspecified atom stereocenters. The first-order valence-corrected chi connectivity index (χ1v) is 12.8. The molecule has 0 amide bonds. The first kappa shape index (κ1) is 24.5. The fourth-order valence-electron chi connectivity index (χ4n) is 4.11. The minimum Gasteiger partial charge on any atom is -0.490 e. The summed E-state index contributed by atoms with van der Waals surface area (Å²) >= 11 is 7.16. The molecule has 0 aliphatic rings. The molecular formula is C27H17ClN6O4S. The molecule has 6 aromatic rings. The van der Waals surface area contributed by atoms with Crippen molar-refractivity contribution in [2.45, 2.75) is 0 Å². The molecular weight excluding hydrogens is 540 g/mol. The van der Waals surface area contributed by atoms with Crippen LogP contribution in [0.3, 0.4) is 0 Å². The largest absolute Gasteiger partial charge is 0.490 e. The van der Waals surface area contributed by atoms with Crippen molar-refractivity contribution >= 4 is 39.7 Å². The van der Waals surface area contributed by atoms with Crippen molar-refractivity contribution in [3.8, 4) is 34.1 Å². The summed E-state index contributed by atoms with van der Waals surface area (Å²) in [6, 6.07) is 21.1. The van der Waals surface area contributed by atoms with Crippen LogP contribution in [0.2, 0.25) is 5.02 Å². The van der Waals surface area contributed by atoms with Gasteiger partial charge < -0.3 is 4.74 Å². The monoisotopic (exact) mass is 556 g/mol. The van der Waals surface area contributed by atoms with E-state index in [-0.39, 0.29) is 17.0 Å². The first-order chi connectivity index (χ1) is 18.9. The van der Waals surface area contributed by atoms with Gasteiger partial charge in [0.1, 0.15) is 5.69 Å². The van der Waals surface area contributed by atoms with Gasteiger partial charge in [0.2, 0.25) is 4.96 Å². The number of aromatic nitrogens is 5. The lowest BCUT2D eigenvalue weighted by Gasteiger charge is -2.04. The summed E-state index contributed by atoms with van der Waals surface area (Å²) in [7, 11) is 1.38. The summed E-state index contributed by atoms with van der Waals surface area (Å²) in [5.74, 6) is 0.561. The fraction of sp³-hybridized carbons (Fsp3) is 0.0370. The third kappa shape index (κ3) is 4.54. The van der Waals surface area contributed by atoms with Crippen molar-refractivity contribution in [1.29, 1.82) is 0 Å². The zero-order valence-corrected chi connectivity index (χ0v) is 21.8. The number of rotatable bonds is 6. The average Bonchev–Trinajstić information content (AvgIpc) is 3.64. The topological polar surface area (TPSA) is 117 Å². The highest BCUT2D eigenvalue weighted by Gasteiger charge is 2.20. The van der Waals surface area contributed by atoms with Crippen molar-refractivity contribution < 1.29 is 9.66 Å². The minimum absolute atomic E-state index is 0.140. The van der Waals surface area contributed by atoms with E-state index < -0.39 is 4.92 Å². The second-order valence-electron chi connectivity index (χ2n) is 8.41. The van der Waals surface area contributed by atoms with E-state index in [1.165, 1.54) is 35.1 Å². The molecule has 0 atom stereocenters. The molecule has 3 heterocycles. The van der Waals surface area contributed by atoms with Gasteiger partial charge in [-0.15, -0.1) is 5.10 Å². The van der Waals surface area contributed by atoms with E-state index >= 15 is 0 Å². The summed E-state index contributed by atoms with van der Waals surface area (Å²) in [6.45, 7) is 0. The highest BCUT2D eigenvalue weighted by atomic mass is 35.5. The quantitative estimate of drug-likeness (QED) is 0.214. The molecule has 0 N–H and O–H groups in total. The molecule has 10 nitrogen and oxygen atoms in total. The number of ether oxygens (including phenoxy) is 1. The fourth-order valence-corrected chi connectivity index (χ4v) is 5.13. The Hall–Kier alpha value is -4.87. The molecule has 0 saturated carbocycles. The van der Waals surface area contributed by atoms with Crippen molar-refractivity contribution in [2.75, 3.05) is 7.11 Å². The number of hydrogen-bond donors (Lipinski definition) is 0. The summed E-state index contributed by atoms with van der Waals surface area (Å²) in [5.41, 5.74) is 2.57. The standard InChI is InChI=1S/C27H17ClN6O4S/c1-38-22-12-9-17(13-21(22)34(36)37)24-18(15-32(30-24)20-5-3-2-4-6-20)14-23-26(35)33-27(39-23)29-25(31-33)16-7-10-19(28)11-8-16/h2-15H,1H3/b23-14+. The lowest BCUT2D eigenvalue weighted by Crippen LogP contribution is -2.23. The van der Waals surface area contributed by atoms with Crippen LogP contribution in [0.1, 0.15) is 5.56 Å². The Balaban J connectivity index is 1.50. The molecule has 0 saturated heterocycles. The van der Waals surface area contributed by atoms with Crippen LogP contribution in [0.5, 0.6) is 5.75 Å². The van der Waals surface area contributed by atoms with E-state index in [0.29, 0.717) is 37.2 Å². The second kappa shape index (κ2) is 9.78. The van der Waals surface area contributed by atoms with Crippen LogP contribution in [0, 0.1) is 10.1 Å². The molecule has 0 spiro atoms. The van der Waals surface area contributed by atoms with Crippen molar-refractivity contribution in [2.24, 2.45) is 0 Å². The van der Waals surface area contributed by atoms with Gasteiger partial charge >= 0.3 is 5.69 Å². The van der Waals surface area contributed by atoms with Crippen molar-refractivity contribution in [3.05, 3.63) is 115 Å². The smallest absolute Gasteiger partial charge is 0.311 e. The molecule has 39 heavy (non-hydrogen) atoms. The summed E-state index contributed by atoms with van der Waals surface area (Å²) in [4.78, 5) is 29.4. The van der Waals surface area contributed by atoms with E-state index in [9.17, 15) is 14.9 Å².